The van der Waals surface area contributed by atoms with Gasteiger partial charge in [0, 0.05) is 11.1 Å². The van der Waals surface area contributed by atoms with Crippen LogP contribution in [-0.4, -0.2) is 12.1 Å². The topological polar surface area (TPSA) is 52.3 Å². The highest BCUT2D eigenvalue weighted by molar-refractivity contribution is 5.90. The molecule has 3 nitrogen and oxygen atoms in total. The van der Waals surface area contributed by atoms with Crippen molar-refractivity contribution in [2.45, 2.75) is 19.4 Å². The van der Waals surface area contributed by atoms with E-state index in [2.05, 4.69) is 25.2 Å². The summed E-state index contributed by atoms with van der Waals surface area (Å²) in [7, 11) is 0. The smallest absolute Gasteiger partial charge is 0.338 e. The largest absolute Gasteiger partial charge is 0.454 e. The minimum absolute atomic E-state index is 0.0306. The number of hydrogen-bond donors (Lipinski definition) is 1. The molecule has 0 saturated heterocycles. The summed E-state index contributed by atoms with van der Waals surface area (Å²) in [4.78, 5) is 12.3. The van der Waals surface area contributed by atoms with Gasteiger partial charge in [-0.1, -0.05) is 25.2 Å². The molecule has 2 N–H and O–H groups in total. The fourth-order valence-electron chi connectivity index (χ4n) is 4.26. The Morgan fingerprint density at radius 3 is 2.57 bits per heavy atom. The number of ether oxygens (including phenoxy) is 1. The second kappa shape index (κ2) is 4.23. The zero-order valence-corrected chi connectivity index (χ0v) is 12.0. The molecule has 3 aliphatic carbocycles. The number of hydrogen-bond acceptors (Lipinski definition) is 3. The Balaban J connectivity index is 1.54. The lowest BCUT2D eigenvalue weighted by molar-refractivity contribution is -0.0199. The third-order valence-electron chi connectivity index (χ3n) is 5.62. The monoisotopic (exact) mass is 281 g/mol. The molecule has 0 aromatic heterocycles. The average Bonchev–Trinajstić information content (AvgIpc) is 3.04. The van der Waals surface area contributed by atoms with Gasteiger partial charge in [0.05, 0.1) is 5.56 Å². The molecule has 4 rings (SSSR count). The number of fused-ring (bicyclic) bond motifs is 3. The number of carbonyl (C=O) groups is 1. The van der Waals surface area contributed by atoms with Gasteiger partial charge in [-0.2, -0.15) is 0 Å². The van der Waals surface area contributed by atoms with E-state index in [0.29, 0.717) is 29.0 Å². The third kappa shape index (κ3) is 1.63. The summed E-state index contributed by atoms with van der Waals surface area (Å²) in [5.41, 5.74) is 6.89. The summed E-state index contributed by atoms with van der Waals surface area (Å²) in [6.07, 6.45) is 10.0. The van der Waals surface area contributed by atoms with Gasteiger partial charge in [-0.3, -0.25) is 0 Å². The Morgan fingerprint density at radius 2 is 2.00 bits per heavy atom. The Hall–Kier alpha value is -2.03. The van der Waals surface area contributed by atoms with E-state index in [0.717, 1.165) is 0 Å². The van der Waals surface area contributed by atoms with E-state index in [1.807, 2.05) is 6.08 Å². The number of carbonyl (C=O) groups excluding carboxylic acids is 1. The zero-order valence-electron chi connectivity index (χ0n) is 12.0. The van der Waals surface area contributed by atoms with Gasteiger partial charge in [0.1, 0.15) is 6.10 Å². The standard InChI is InChI=1S/C18H19NO2/c1-11-13-2-5-14(10-13)18(11)9-8-16(18)21-17(20)12-3-6-15(19)7-4-12/h2-9,11,13-14,16H,10,19H2,1H3/t11-,13?,14?,16+,18-/m0/s1. The molecular formula is C18H19NO2. The van der Waals surface area contributed by atoms with Crippen molar-refractivity contribution in [1.29, 1.82) is 0 Å². The van der Waals surface area contributed by atoms with Crippen LogP contribution in [0.3, 0.4) is 0 Å². The van der Waals surface area contributed by atoms with Gasteiger partial charge in [-0.15, -0.1) is 0 Å². The summed E-state index contributed by atoms with van der Waals surface area (Å²) in [5.74, 6) is 1.44. The molecule has 1 fully saturated rings. The Labute approximate surface area is 124 Å². The van der Waals surface area contributed by atoms with Crippen molar-refractivity contribution in [1.82, 2.24) is 0 Å². The van der Waals surface area contributed by atoms with Crippen molar-refractivity contribution >= 4 is 11.7 Å². The summed E-state index contributed by atoms with van der Waals surface area (Å²) >= 11 is 0. The van der Waals surface area contributed by atoms with Crippen LogP contribution < -0.4 is 5.73 Å². The molecule has 2 bridgehead atoms. The first-order valence-electron chi connectivity index (χ1n) is 7.55. The molecular weight excluding hydrogens is 262 g/mol. The summed E-state index contributed by atoms with van der Waals surface area (Å²) in [6, 6.07) is 6.89. The molecule has 1 saturated carbocycles. The van der Waals surface area contributed by atoms with Crippen molar-refractivity contribution in [2.75, 3.05) is 5.73 Å². The molecule has 1 aromatic rings. The fraction of sp³-hybridized carbons (Fsp3) is 0.389. The molecule has 1 aromatic carbocycles. The van der Waals surface area contributed by atoms with Crippen molar-refractivity contribution in [3.05, 3.63) is 54.1 Å². The number of benzene rings is 1. The quantitative estimate of drug-likeness (QED) is 0.514. The first-order chi connectivity index (χ1) is 10.1. The highest BCUT2D eigenvalue weighted by Crippen LogP contribution is 2.62. The van der Waals surface area contributed by atoms with Gasteiger partial charge in [0.25, 0.3) is 0 Å². The van der Waals surface area contributed by atoms with Crippen LogP contribution in [0.2, 0.25) is 0 Å². The van der Waals surface area contributed by atoms with Crippen LogP contribution in [0.15, 0.2) is 48.6 Å². The zero-order chi connectivity index (χ0) is 14.6. The van der Waals surface area contributed by atoms with E-state index >= 15 is 0 Å². The lowest BCUT2D eigenvalue weighted by atomic mass is 9.60. The Morgan fingerprint density at radius 1 is 1.24 bits per heavy atom. The molecule has 108 valence electrons. The van der Waals surface area contributed by atoms with E-state index in [-0.39, 0.29) is 17.5 Å². The average molecular weight is 281 g/mol. The second-order valence-corrected chi connectivity index (χ2v) is 6.49. The van der Waals surface area contributed by atoms with Crippen LogP contribution in [0.1, 0.15) is 23.7 Å². The molecule has 5 atom stereocenters. The van der Waals surface area contributed by atoms with Gasteiger partial charge in [0.15, 0.2) is 0 Å². The molecule has 1 spiro atoms. The number of nitrogens with two attached hydrogens (primary N) is 1. The van der Waals surface area contributed by atoms with Crippen molar-refractivity contribution < 1.29 is 9.53 Å². The molecule has 0 radical (unpaired) electrons. The maximum absolute atomic E-state index is 12.3. The third-order valence-corrected chi connectivity index (χ3v) is 5.62. The maximum Gasteiger partial charge on any atom is 0.338 e. The van der Waals surface area contributed by atoms with Crippen molar-refractivity contribution in [3.63, 3.8) is 0 Å². The lowest BCUT2D eigenvalue weighted by Crippen LogP contribution is -2.49. The fourth-order valence-corrected chi connectivity index (χ4v) is 4.26. The Kier molecular flexibility index (Phi) is 2.56. The maximum atomic E-state index is 12.3. The van der Waals surface area contributed by atoms with Crippen LogP contribution in [0.25, 0.3) is 0 Å². The van der Waals surface area contributed by atoms with Crippen LogP contribution >= 0.6 is 0 Å². The van der Waals surface area contributed by atoms with Crippen LogP contribution in [0, 0.1) is 23.2 Å². The van der Waals surface area contributed by atoms with Gasteiger partial charge >= 0.3 is 5.97 Å². The first kappa shape index (κ1) is 12.7. The van der Waals surface area contributed by atoms with Crippen molar-refractivity contribution in [2.24, 2.45) is 23.2 Å². The Bertz CT molecular complexity index is 646. The molecule has 2 unspecified atom stereocenters. The first-order valence-corrected chi connectivity index (χ1v) is 7.55. The normalized spacial score (nSPS) is 38.7. The lowest BCUT2D eigenvalue weighted by Gasteiger charge is -2.48. The highest BCUT2D eigenvalue weighted by atomic mass is 16.5. The molecule has 21 heavy (non-hydrogen) atoms. The summed E-state index contributed by atoms with van der Waals surface area (Å²) in [6.45, 7) is 2.28. The van der Waals surface area contributed by atoms with Gasteiger partial charge in [0.2, 0.25) is 0 Å². The number of anilines is 1. The molecule has 3 aliphatic rings. The SMILES string of the molecule is C[C@H]1C2C=CC(C2)[C@]12C=C[C@H]2OC(=O)c1ccc(N)cc1. The van der Waals surface area contributed by atoms with E-state index in [1.165, 1.54) is 6.42 Å². The minimum atomic E-state index is -0.261. The van der Waals surface area contributed by atoms with Gasteiger partial charge < -0.3 is 10.5 Å². The summed E-state index contributed by atoms with van der Waals surface area (Å²) < 4.78 is 5.77. The van der Waals surface area contributed by atoms with Crippen LogP contribution in [0.4, 0.5) is 5.69 Å². The van der Waals surface area contributed by atoms with E-state index < -0.39 is 0 Å². The number of allylic oxidation sites excluding steroid dienone is 2. The molecule has 0 aliphatic heterocycles. The number of esters is 1. The van der Waals surface area contributed by atoms with E-state index in [9.17, 15) is 4.79 Å². The van der Waals surface area contributed by atoms with Crippen LogP contribution in [0.5, 0.6) is 0 Å². The van der Waals surface area contributed by atoms with Crippen LogP contribution in [-0.2, 0) is 4.74 Å². The second-order valence-electron chi connectivity index (χ2n) is 6.49. The number of nitrogen functional groups attached to an aromatic ring is 1. The van der Waals surface area contributed by atoms with Gasteiger partial charge in [-0.05, 0) is 54.5 Å². The van der Waals surface area contributed by atoms with E-state index in [1.54, 1.807) is 24.3 Å². The summed E-state index contributed by atoms with van der Waals surface area (Å²) in [5, 5.41) is 0. The highest BCUT2D eigenvalue weighted by Gasteiger charge is 2.60. The van der Waals surface area contributed by atoms with Gasteiger partial charge in [-0.25, -0.2) is 4.79 Å². The predicted octanol–water partition coefficient (Wildman–Crippen LogP) is 3.19. The molecule has 3 heteroatoms. The number of rotatable bonds is 2. The predicted molar refractivity (Wildman–Crippen MR) is 81.5 cm³/mol. The van der Waals surface area contributed by atoms with Crippen molar-refractivity contribution in [3.8, 4) is 0 Å². The van der Waals surface area contributed by atoms with E-state index in [4.69, 9.17) is 10.5 Å². The minimum Gasteiger partial charge on any atom is -0.454 e. The molecule has 0 heterocycles. The molecule has 0 amide bonds.